The first kappa shape index (κ1) is 13.2. The lowest BCUT2D eigenvalue weighted by atomic mass is 10.0. The third-order valence-corrected chi connectivity index (χ3v) is 3.18. The number of carbonyl (C=O) groups excluding carboxylic acids is 1. The first-order valence-electron chi connectivity index (χ1n) is 6.74. The monoisotopic (exact) mass is 281 g/mol. The SMILES string of the molecule is CCOC(=O)c1cc(-c2c[nH]cc2-c2ccccc2)n[nH]1. The molecule has 2 N–H and O–H groups in total. The Hall–Kier alpha value is -2.82. The number of aromatic nitrogens is 3. The predicted molar refractivity (Wildman–Crippen MR) is 79.8 cm³/mol. The molecule has 0 saturated heterocycles. The number of rotatable bonds is 4. The molecule has 0 saturated carbocycles. The highest BCUT2D eigenvalue weighted by Crippen LogP contribution is 2.30. The van der Waals surface area contributed by atoms with Gasteiger partial charge in [0, 0.05) is 23.5 Å². The highest BCUT2D eigenvalue weighted by Gasteiger charge is 2.15. The van der Waals surface area contributed by atoms with Crippen molar-refractivity contribution >= 4 is 5.97 Å². The number of hydrogen-bond acceptors (Lipinski definition) is 3. The highest BCUT2D eigenvalue weighted by atomic mass is 16.5. The molecule has 0 aliphatic rings. The van der Waals surface area contributed by atoms with Crippen LogP contribution >= 0.6 is 0 Å². The fourth-order valence-electron chi connectivity index (χ4n) is 2.21. The number of carbonyl (C=O) groups is 1. The maximum absolute atomic E-state index is 11.7. The first-order chi connectivity index (χ1) is 10.3. The Morgan fingerprint density at radius 2 is 1.95 bits per heavy atom. The maximum atomic E-state index is 11.7. The van der Waals surface area contributed by atoms with Gasteiger partial charge in [-0.05, 0) is 18.6 Å². The molecule has 0 bridgehead atoms. The molecule has 2 heterocycles. The van der Waals surface area contributed by atoms with Crippen LogP contribution in [0.25, 0.3) is 22.4 Å². The zero-order valence-electron chi connectivity index (χ0n) is 11.6. The molecule has 2 aromatic heterocycles. The molecule has 5 nitrogen and oxygen atoms in total. The van der Waals surface area contributed by atoms with Gasteiger partial charge in [0.25, 0.3) is 0 Å². The average molecular weight is 281 g/mol. The molecule has 0 aliphatic heterocycles. The smallest absolute Gasteiger partial charge is 0.356 e. The molecule has 5 heteroatoms. The number of ether oxygens (including phenoxy) is 1. The third-order valence-electron chi connectivity index (χ3n) is 3.18. The summed E-state index contributed by atoms with van der Waals surface area (Å²) >= 11 is 0. The summed E-state index contributed by atoms with van der Waals surface area (Å²) in [5.41, 5.74) is 4.13. The molecule has 106 valence electrons. The average Bonchev–Trinajstić information content (AvgIpc) is 3.17. The van der Waals surface area contributed by atoms with Gasteiger partial charge in [0.05, 0.1) is 12.3 Å². The molecule has 0 amide bonds. The standard InChI is InChI=1S/C16H15N3O2/c1-2-21-16(20)15-8-14(18-19-15)13-10-17-9-12(13)11-6-4-3-5-7-11/h3-10,17H,2H2,1H3,(H,18,19). The summed E-state index contributed by atoms with van der Waals surface area (Å²) in [6.45, 7) is 2.11. The van der Waals surface area contributed by atoms with Crippen LogP contribution in [0, 0.1) is 0 Å². The molecule has 0 fully saturated rings. The van der Waals surface area contributed by atoms with Crippen LogP contribution in [0.15, 0.2) is 48.8 Å². The van der Waals surface area contributed by atoms with Crippen molar-refractivity contribution in [1.29, 1.82) is 0 Å². The van der Waals surface area contributed by atoms with E-state index in [1.807, 2.05) is 42.7 Å². The topological polar surface area (TPSA) is 70.8 Å². The minimum Gasteiger partial charge on any atom is -0.461 e. The van der Waals surface area contributed by atoms with Gasteiger partial charge in [-0.25, -0.2) is 4.79 Å². The molecular formula is C16H15N3O2. The Morgan fingerprint density at radius 3 is 2.71 bits per heavy atom. The summed E-state index contributed by atoms with van der Waals surface area (Å²) in [7, 11) is 0. The van der Waals surface area contributed by atoms with Gasteiger partial charge in [-0.3, -0.25) is 5.10 Å². The van der Waals surface area contributed by atoms with Crippen LogP contribution in [-0.2, 0) is 4.74 Å². The molecule has 0 spiro atoms. The third kappa shape index (κ3) is 2.58. The van der Waals surface area contributed by atoms with E-state index >= 15 is 0 Å². The zero-order valence-corrected chi connectivity index (χ0v) is 11.6. The van der Waals surface area contributed by atoms with E-state index in [1.165, 1.54) is 0 Å². The van der Waals surface area contributed by atoms with E-state index in [0.717, 1.165) is 16.7 Å². The van der Waals surface area contributed by atoms with Gasteiger partial charge in [0.15, 0.2) is 0 Å². The van der Waals surface area contributed by atoms with Gasteiger partial charge < -0.3 is 9.72 Å². The van der Waals surface area contributed by atoms with Crippen molar-refractivity contribution in [3.05, 3.63) is 54.5 Å². The predicted octanol–water partition coefficient (Wildman–Crippen LogP) is 3.25. The summed E-state index contributed by atoms with van der Waals surface area (Å²) in [6, 6.07) is 11.7. The van der Waals surface area contributed by atoms with Crippen LogP contribution in [0.3, 0.4) is 0 Å². The molecule has 0 unspecified atom stereocenters. The second-order valence-corrected chi connectivity index (χ2v) is 4.54. The number of benzene rings is 1. The molecule has 1 aromatic carbocycles. The lowest BCUT2D eigenvalue weighted by Gasteiger charge is -2.00. The quantitative estimate of drug-likeness (QED) is 0.721. The normalized spacial score (nSPS) is 10.5. The number of hydrogen-bond donors (Lipinski definition) is 2. The molecule has 0 aliphatic carbocycles. The van der Waals surface area contributed by atoms with Gasteiger partial charge in [-0.1, -0.05) is 30.3 Å². The summed E-state index contributed by atoms with van der Waals surface area (Å²) in [5, 5.41) is 6.92. The van der Waals surface area contributed by atoms with Crippen LogP contribution < -0.4 is 0 Å². The molecule has 21 heavy (non-hydrogen) atoms. The van der Waals surface area contributed by atoms with Gasteiger partial charge in [0.2, 0.25) is 0 Å². The maximum Gasteiger partial charge on any atom is 0.356 e. The van der Waals surface area contributed by atoms with Crippen LogP contribution in [0.2, 0.25) is 0 Å². The van der Waals surface area contributed by atoms with Gasteiger partial charge in [-0.2, -0.15) is 5.10 Å². The lowest BCUT2D eigenvalue weighted by molar-refractivity contribution is 0.0519. The van der Waals surface area contributed by atoms with Gasteiger partial charge >= 0.3 is 5.97 Å². The van der Waals surface area contributed by atoms with E-state index in [-0.39, 0.29) is 0 Å². The minimum atomic E-state index is -0.395. The summed E-state index contributed by atoms with van der Waals surface area (Å²) in [5.74, 6) is -0.395. The Bertz CT molecular complexity index is 744. The summed E-state index contributed by atoms with van der Waals surface area (Å²) in [6.07, 6.45) is 3.79. The number of esters is 1. The van der Waals surface area contributed by atoms with E-state index in [0.29, 0.717) is 18.0 Å². The molecule has 0 radical (unpaired) electrons. The van der Waals surface area contributed by atoms with Crippen molar-refractivity contribution in [3.63, 3.8) is 0 Å². The largest absolute Gasteiger partial charge is 0.461 e. The van der Waals surface area contributed by atoms with Crippen molar-refractivity contribution in [1.82, 2.24) is 15.2 Å². The number of nitrogens with one attached hydrogen (secondary N) is 2. The number of H-pyrrole nitrogens is 2. The van der Waals surface area contributed by atoms with Crippen LogP contribution in [0.5, 0.6) is 0 Å². The van der Waals surface area contributed by atoms with E-state index in [4.69, 9.17) is 4.74 Å². The van der Waals surface area contributed by atoms with Crippen LogP contribution in [0.1, 0.15) is 17.4 Å². The molecular weight excluding hydrogens is 266 g/mol. The second kappa shape index (κ2) is 5.66. The van der Waals surface area contributed by atoms with Gasteiger partial charge in [-0.15, -0.1) is 0 Å². The fourth-order valence-corrected chi connectivity index (χ4v) is 2.21. The Morgan fingerprint density at radius 1 is 1.19 bits per heavy atom. The Balaban J connectivity index is 1.96. The summed E-state index contributed by atoms with van der Waals surface area (Å²) in [4.78, 5) is 14.8. The van der Waals surface area contributed by atoms with Crippen molar-refractivity contribution in [2.75, 3.05) is 6.61 Å². The van der Waals surface area contributed by atoms with E-state index in [9.17, 15) is 4.79 Å². The lowest BCUT2D eigenvalue weighted by Crippen LogP contribution is -2.04. The van der Waals surface area contributed by atoms with Crippen molar-refractivity contribution in [3.8, 4) is 22.4 Å². The summed E-state index contributed by atoms with van der Waals surface area (Å²) < 4.78 is 4.96. The Kier molecular flexibility index (Phi) is 3.55. The van der Waals surface area contributed by atoms with E-state index < -0.39 is 5.97 Å². The number of aromatic amines is 2. The Labute approximate surface area is 122 Å². The van der Waals surface area contributed by atoms with E-state index in [1.54, 1.807) is 13.0 Å². The van der Waals surface area contributed by atoms with Crippen molar-refractivity contribution in [2.24, 2.45) is 0 Å². The first-order valence-corrected chi connectivity index (χ1v) is 6.74. The minimum absolute atomic E-state index is 0.340. The van der Waals surface area contributed by atoms with Crippen molar-refractivity contribution < 1.29 is 9.53 Å². The van der Waals surface area contributed by atoms with Crippen LogP contribution in [0.4, 0.5) is 0 Å². The molecule has 0 atom stereocenters. The van der Waals surface area contributed by atoms with Gasteiger partial charge in [0.1, 0.15) is 5.69 Å². The zero-order chi connectivity index (χ0) is 14.7. The van der Waals surface area contributed by atoms with E-state index in [2.05, 4.69) is 15.2 Å². The van der Waals surface area contributed by atoms with Crippen LogP contribution in [-0.4, -0.2) is 27.8 Å². The molecule has 3 rings (SSSR count). The molecule has 3 aromatic rings. The second-order valence-electron chi connectivity index (χ2n) is 4.54. The fraction of sp³-hybridized carbons (Fsp3) is 0.125. The highest BCUT2D eigenvalue weighted by molar-refractivity contribution is 5.90. The van der Waals surface area contributed by atoms with Crippen molar-refractivity contribution in [2.45, 2.75) is 6.92 Å². The number of nitrogens with zero attached hydrogens (tertiary/aromatic N) is 1.